The molecule has 1 N–H and O–H groups in total. The predicted octanol–water partition coefficient (Wildman–Crippen LogP) is 3.79. The highest BCUT2D eigenvalue weighted by atomic mass is 35.5. The van der Waals surface area contributed by atoms with Crippen LogP contribution in [0.15, 0.2) is 18.5 Å². The third-order valence-corrected chi connectivity index (χ3v) is 4.17. The molecule has 0 radical (unpaired) electrons. The van der Waals surface area contributed by atoms with Gasteiger partial charge < -0.3 is 5.32 Å². The standard InChI is InChI=1S/C14H21ClN2/c1-11(12-5-3-2-4-6-12)17-9-13-7-8-16-10-14(13)15/h7-8,10-12,17H,2-6,9H2,1H3. The van der Waals surface area contributed by atoms with Crippen LogP contribution in [0.3, 0.4) is 0 Å². The lowest BCUT2D eigenvalue weighted by Crippen LogP contribution is -2.34. The second-order valence-corrected chi connectivity index (χ2v) is 5.44. The fourth-order valence-corrected chi connectivity index (χ4v) is 2.81. The Balaban J connectivity index is 1.83. The fraction of sp³-hybridized carbons (Fsp3) is 0.643. The van der Waals surface area contributed by atoms with E-state index < -0.39 is 0 Å². The summed E-state index contributed by atoms with van der Waals surface area (Å²) in [5.74, 6) is 0.837. The van der Waals surface area contributed by atoms with Crippen LogP contribution in [0.25, 0.3) is 0 Å². The average Bonchev–Trinajstić information content (AvgIpc) is 2.38. The van der Waals surface area contributed by atoms with E-state index in [9.17, 15) is 0 Å². The van der Waals surface area contributed by atoms with Gasteiger partial charge in [0.05, 0.1) is 5.02 Å². The highest BCUT2D eigenvalue weighted by Crippen LogP contribution is 2.26. The molecule has 1 fully saturated rings. The molecule has 1 atom stereocenters. The monoisotopic (exact) mass is 252 g/mol. The van der Waals surface area contributed by atoms with Gasteiger partial charge in [-0.2, -0.15) is 0 Å². The number of aromatic nitrogens is 1. The van der Waals surface area contributed by atoms with Crippen molar-refractivity contribution in [3.05, 3.63) is 29.0 Å². The third-order valence-electron chi connectivity index (χ3n) is 3.83. The zero-order valence-electron chi connectivity index (χ0n) is 10.5. The highest BCUT2D eigenvalue weighted by Gasteiger charge is 2.19. The van der Waals surface area contributed by atoms with Gasteiger partial charge in [0, 0.05) is 25.0 Å². The van der Waals surface area contributed by atoms with E-state index in [-0.39, 0.29) is 0 Å². The number of nitrogens with zero attached hydrogens (tertiary/aromatic N) is 1. The van der Waals surface area contributed by atoms with Gasteiger partial charge in [0.1, 0.15) is 0 Å². The summed E-state index contributed by atoms with van der Waals surface area (Å²) in [6.45, 7) is 3.14. The minimum atomic E-state index is 0.583. The minimum Gasteiger partial charge on any atom is -0.310 e. The number of hydrogen-bond acceptors (Lipinski definition) is 2. The SMILES string of the molecule is CC(NCc1ccncc1Cl)C1CCCCC1. The zero-order valence-corrected chi connectivity index (χ0v) is 11.2. The summed E-state index contributed by atoms with van der Waals surface area (Å²) in [4.78, 5) is 4.00. The Morgan fingerprint density at radius 2 is 2.18 bits per heavy atom. The van der Waals surface area contributed by atoms with Crippen LogP contribution in [-0.4, -0.2) is 11.0 Å². The van der Waals surface area contributed by atoms with Gasteiger partial charge >= 0.3 is 0 Å². The molecule has 1 heterocycles. The second kappa shape index (κ2) is 6.36. The molecule has 0 amide bonds. The molecule has 0 aromatic carbocycles. The molecule has 0 spiro atoms. The van der Waals surface area contributed by atoms with Gasteiger partial charge in [-0.25, -0.2) is 0 Å². The lowest BCUT2D eigenvalue weighted by Gasteiger charge is -2.28. The van der Waals surface area contributed by atoms with Crippen molar-refractivity contribution in [2.45, 2.75) is 51.6 Å². The van der Waals surface area contributed by atoms with Crippen molar-refractivity contribution in [1.82, 2.24) is 10.3 Å². The van der Waals surface area contributed by atoms with E-state index in [0.717, 1.165) is 23.0 Å². The lowest BCUT2D eigenvalue weighted by molar-refractivity contribution is 0.280. The van der Waals surface area contributed by atoms with Gasteiger partial charge in [-0.05, 0) is 37.3 Å². The molecule has 17 heavy (non-hydrogen) atoms. The largest absolute Gasteiger partial charge is 0.310 e. The first-order valence-corrected chi connectivity index (χ1v) is 6.97. The molecule has 0 aliphatic heterocycles. The second-order valence-electron chi connectivity index (χ2n) is 5.03. The van der Waals surface area contributed by atoms with Gasteiger partial charge in [0.15, 0.2) is 0 Å². The van der Waals surface area contributed by atoms with Crippen LogP contribution >= 0.6 is 11.6 Å². The van der Waals surface area contributed by atoms with Crippen molar-refractivity contribution in [3.8, 4) is 0 Å². The van der Waals surface area contributed by atoms with Crippen molar-refractivity contribution < 1.29 is 0 Å². The first-order chi connectivity index (χ1) is 8.27. The molecule has 0 saturated heterocycles. The number of halogens is 1. The van der Waals surface area contributed by atoms with E-state index in [0.29, 0.717) is 6.04 Å². The molecule has 94 valence electrons. The Hall–Kier alpha value is -0.600. The Morgan fingerprint density at radius 1 is 1.41 bits per heavy atom. The molecule has 1 saturated carbocycles. The summed E-state index contributed by atoms with van der Waals surface area (Å²) in [7, 11) is 0. The molecule has 1 aliphatic rings. The van der Waals surface area contributed by atoms with Crippen LogP contribution in [0.2, 0.25) is 5.02 Å². The van der Waals surface area contributed by atoms with Crippen LogP contribution in [0.4, 0.5) is 0 Å². The first kappa shape index (κ1) is 12.8. The van der Waals surface area contributed by atoms with Crippen molar-refractivity contribution in [2.75, 3.05) is 0 Å². The summed E-state index contributed by atoms with van der Waals surface area (Å²) < 4.78 is 0. The third kappa shape index (κ3) is 3.68. The Kier molecular flexibility index (Phi) is 4.81. The van der Waals surface area contributed by atoms with Crippen LogP contribution in [0.5, 0.6) is 0 Å². The zero-order chi connectivity index (χ0) is 12.1. The lowest BCUT2D eigenvalue weighted by atomic mass is 9.84. The molecule has 1 aromatic heterocycles. The smallest absolute Gasteiger partial charge is 0.0634 e. The number of nitrogens with one attached hydrogen (secondary N) is 1. The van der Waals surface area contributed by atoms with E-state index in [2.05, 4.69) is 17.2 Å². The topological polar surface area (TPSA) is 24.9 Å². The van der Waals surface area contributed by atoms with Crippen LogP contribution in [0.1, 0.15) is 44.6 Å². The van der Waals surface area contributed by atoms with Gasteiger partial charge in [-0.15, -0.1) is 0 Å². The summed E-state index contributed by atoms with van der Waals surface area (Å²) >= 11 is 6.09. The number of rotatable bonds is 4. The average molecular weight is 253 g/mol. The maximum absolute atomic E-state index is 6.09. The fourth-order valence-electron chi connectivity index (χ4n) is 2.62. The van der Waals surface area contributed by atoms with Crippen molar-refractivity contribution >= 4 is 11.6 Å². The predicted molar refractivity (Wildman–Crippen MR) is 72.1 cm³/mol. The number of pyridine rings is 1. The van der Waals surface area contributed by atoms with Crippen molar-refractivity contribution in [3.63, 3.8) is 0 Å². The van der Waals surface area contributed by atoms with Gasteiger partial charge in [0.25, 0.3) is 0 Å². The Bertz CT molecular complexity index is 348. The molecule has 1 aliphatic carbocycles. The quantitative estimate of drug-likeness (QED) is 0.882. The molecular formula is C14H21ClN2. The van der Waals surface area contributed by atoms with Gasteiger partial charge in [0.2, 0.25) is 0 Å². The molecule has 2 rings (SSSR count). The summed E-state index contributed by atoms with van der Waals surface area (Å²) in [5, 5.41) is 4.36. The van der Waals surface area contributed by atoms with Crippen LogP contribution < -0.4 is 5.32 Å². The molecule has 1 unspecified atom stereocenters. The summed E-state index contributed by atoms with van der Waals surface area (Å²) in [6.07, 6.45) is 10.5. The maximum atomic E-state index is 6.09. The molecular weight excluding hydrogens is 232 g/mol. The molecule has 2 nitrogen and oxygen atoms in total. The van der Waals surface area contributed by atoms with E-state index in [1.165, 1.54) is 32.1 Å². The van der Waals surface area contributed by atoms with Gasteiger partial charge in [-0.1, -0.05) is 30.9 Å². The highest BCUT2D eigenvalue weighted by molar-refractivity contribution is 6.31. The Morgan fingerprint density at radius 3 is 2.88 bits per heavy atom. The van der Waals surface area contributed by atoms with Crippen LogP contribution in [-0.2, 0) is 6.54 Å². The van der Waals surface area contributed by atoms with E-state index >= 15 is 0 Å². The van der Waals surface area contributed by atoms with E-state index in [4.69, 9.17) is 11.6 Å². The minimum absolute atomic E-state index is 0.583. The molecule has 3 heteroatoms. The van der Waals surface area contributed by atoms with Crippen molar-refractivity contribution in [1.29, 1.82) is 0 Å². The van der Waals surface area contributed by atoms with Crippen molar-refractivity contribution in [2.24, 2.45) is 5.92 Å². The van der Waals surface area contributed by atoms with Crippen LogP contribution in [0, 0.1) is 5.92 Å². The summed E-state index contributed by atoms with van der Waals surface area (Å²) in [5.41, 5.74) is 1.14. The van der Waals surface area contributed by atoms with Gasteiger partial charge in [-0.3, -0.25) is 4.98 Å². The number of hydrogen-bond donors (Lipinski definition) is 1. The molecule has 1 aromatic rings. The van der Waals surface area contributed by atoms with E-state index in [1.807, 2.05) is 6.07 Å². The first-order valence-electron chi connectivity index (χ1n) is 6.59. The summed E-state index contributed by atoms with van der Waals surface area (Å²) in [6, 6.07) is 2.57. The van der Waals surface area contributed by atoms with E-state index in [1.54, 1.807) is 12.4 Å². The normalized spacial score (nSPS) is 19.2. The maximum Gasteiger partial charge on any atom is 0.0634 e. The Labute approximate surface area is 109 Å². The molecule has 0 bridgehead atoms.